The number of amides is 1. The van der Waals surface area contributed by atoms with E-state index < -0.39 is 4.92 Å². The quantitative estimate of drug-likeness (QED) is 0.654. The van der Waals surface area contributed by atoms with Crippen LogP contribution in [0.2, 0.25) is 0 Å². The summed E-state index contributed by atoms with van der Waals surface area (Å²) in [5.74, 6) is -0.307. The molecule has 8 heteroatoms. The van der Waals surface area contributed by atoms with Crippen LogP contribution in [0.5, 0.6) is 0 Å². The Balaban J connectivity index is 1.85. The largest absolute Gasteiger partial charge is 0.378 e. The van der Waals surface area contributed by atoms with Crippen LogP contribution < -0.4 is 10.2 Å². The smallest absolute Gasteiger partial charge is 0.270 e. The number of carbonyl (C=O) groups excluding carboxylic acids is 1. The third kappa shape index (κ3) is 3.97. The van der Waals surface area contributed by atoms with Crippen molar-refractivity contribution in [3.8, 4) is 0 Å². The number of nitro groups is 1. The minimum atomic E-state index is -0.483. The van der Waals surface area contributed by atoms with Crippen LogP contribution in [0.4, 0.5) is 11.4 Å². The van der Waals surface area contributed by atoms with E-state index in [0.717, 1.165) is 10.4 Å². The molecule has 132 valence electrons. The molecule has 3 rings (SSSR count). The first-order valence-electron chi connectivity index (χ1n) is 7.98. The summed E-state index contributed by atoms with van der Waals surface area (Å²) in [6.07, 6.45) is 0. The number of nitrogens with zero attached hydrogens (tertiary/aromatic N) is 2. The van der Waals surface area contributed by atoms with Gasteiger partial charge in [-0.25, -0.2) is 0 Å². The average Bonchev–Trinajstić information content (AvgIpc) is 3.04. The average molecular weight is 361 g/mol. The van der Waals surface area contributed by atoms with E-state index in [2.05, 4.69) is 5.32 Å². The highest BCUT2D eigenvalue weighted by molar-refractivity contribution is 7.10. The zero-order chi connectivity index (χ0) is 17.8. The molecular formula is C17H19N3O4S. The summed E-state index contributed by atoms with van der Waals surface area (Å²) in [6.45, 7) is 4.86. The molecule has 1 saturated heterocycles. The van der Waals surface area contributed by atoms with Crippen molar-refractivity contribution >= 4 is 28.6 Å². The molecule has 1 aliphatic heterocycles. The molecule has 2 heterocycles. The number of hydrogen-bond donors (Lipinski definition) is 1. The minimum absolute atomic E-state index is 0.0885. The highest BCUT2D eigenvalue weighted by atomic mass is 32.1. The van der Waals surface area contributed by atoms with Crippen molar-refractivity contribution in [1.82, 2.24) is 5.32 Å². The molecule has 1 amide bonds. The van der Waals surface area contributed by atoms with Gasteiger partial charge in [0.1, 0.15) is 0 Å². The van der Waals surface area contributed by atoms with Crippen molar-refractivity contribution in [3.05, 3.63) is 55.8 Å². The Morgan fingerprint density at radius 2 is 2.12 bits per heavy atom. The summed E-state index contributed by atoms with van der Waals surface area (Å²) in [6, 6.07) is 6.43. The molecule has 1 fully saturated rings. The molecule has 0 saturated carbocycles. The summed E-state index contributed by atoms with van der Waals surface area (Å²) < 4.78 is 5.34. The van der Waals surface area contributed by atoms with Crippen LogP contribution in [0.3, 0.4) is 0 Å². The highest BCUT2D eigenvalue weighted by Gasteiger charge is 2.22. The van der Waals surface area contributed by atoms with E-state index in [1.54, 1.807) is 17.4 Å². The van der Waals surface area contributed by atoms with Gasteiger partial charge in [-0.1, -0.05) is 0 Å². The Morgan fingerprint density at radius 1 is 1.36 bits per heavy atom. The molecule has 2 aromatic rings. The molecule has 0 spiro atoms. The molecule has 0 aliphatic carbocycles. The lowest BCUT2D eigenvalue weighted by Crippen LogP contribution is -2.38. The third-order valence-electron chi connectivity index (χ3n) is 4.17. The van der Waals surface area contributed by atoms with Gasteiger partial charge >= 0.3 is 0 Å². The normalized spacial score (nSPS) is 14.4. The molecule has 1 aliphatic rings. The van der Waals surface area contributed by atoms with Crippen molar-refractivity contribution in [2.24, 2.45) is 0 Å². The lowest BCUT2D eigenvalue weighted by molar-refractivity contribution is -0.384. The number of non-ortho nitro benzene ring substituents is 1. The molecule has 1 N–H and O–H groups in total. The molecule has 0 atom stereocenters. The Hall–Kier alpha value is -2.45. The maximum absolute atomic E-state index is 12.7. The predicted octanol–water partition coefficient (Wildman–Crippen LogP) is 2.73. The van der Waals surface area contributed by atoms with Gasteiger partial charge in [0.05, 0.1) is 35.9 Å². The van der Waals surface area contributed by atoms with Gasteiger partial charge in [-0.2, -0.15) is 0 Å². The van der Waals surface area contributed by atoms with E-state index in [1.807, 2.05) is 23.3 Å². The fraction of sp³-hybridized carbons (Fsp3) is 0.353. The zero-order valence-corrected chi connectivity index (χ0v) is 14.7. The van der Waals surface area contributed by atoms with Crippen LogP contribution in [-0.4, -0.2) is 37.1 Å². The van der Waals surface area contributed by atoms with Crippen LogP contribution in [0.15, 0.2) is 29.6 Å². The molecule has 0 unspecified atom stereocenters. The summed E-state index contributed by atoms with van der Waals surface area (Å²) in [7, 11) is 0. The van der Waals surface area contributed by atoms with Gasteiger partial charge in [-0.15, -0.1) is 11.3 Å². The lowest BCUT2D eigenvalue weighted by Gasteiger charge is -2.30. The fourth-order valence-electron chi connectivity index (χ4n) is 2.74. The number of carbonyl (C=O) groups is 1. The number of thiophene rings is 1. The number of rotatable bonds is 5. The summed E-state index contributed by atoms with van der Waals surface area (Å²) in [4.78, 5) is 26.4. The van der Waals surface area contributed by atoms with Crippen LogP contribution >= 0.6 is 11.3 Å². The number of benzene rings is 1. The Bertz CT molecular complexity index is 784. The number of hydrogen-bond acceptors (Lipinski definition) is 6. The van der Waals surface area contributed by atoms with Gasteiger partial charge in [0, 0.05) is 30.1 Å². The Morgan fingerprint density at radius 3 is 2.76 bits per heavy atom. The molecule has 0 radical (unpaired) electrons. The summed E-state index contributed by atoms with van der Waals surface area (Å²) in [5, 5.41) is 15.9. The van der Waals surface area contributed by atoms with E-state index in [9.17, 15) is 14.9 Å². The fourth-order valence-corrected chi connectivity index (χ4v) is 3.59. The second-order valence-corrected chi connectivity index (χ2v) is 6.77. The van der Waals surface area contributed by atoms with E-state index in [1.165, 1.54) is 12.1 Å². The number of nitrogens with one attached hydrogen (secondary N) is 1. The van der Waals surface area contributed by atoms with Crippen molar-refractivity contribution in [3.63, 3.8) is 0 Å². The lowest BCUT2D eigenvalue weighted by atomic mass is 10.1. The third-order valence-corrected chi connectivity index (χ3v) is 5.19. The molecule has 0 bridgehead atoms. The Labute approximate surface area is 149 Å². The SMILES string of the molecule is Cc1ccsc1CNC(=O)c1cc([N+](=O)[O-])ccc1N1CCOCC1. The maximum atomic E-state index is 12.7. The van der Waals surface area contributed by atoms with Crippen LogP contribution in [0.25, 0.3) is 0 Å². The second-order valence-electron chi connectivity index (χ2n) is 5.77. The topological polar surface area (TPSA) is 84.7 Å². The molecule has 1 aromatic carbocycles. The van der Waals surface area contributed by atoms with E-state index in [0.29, 0.717) is 44.1 Å². The van der Waals surface area contributed by atoms with Gasteiger partial charge in [-0.3, -0.25) is 14.9 Å². The van der Waals surface area contributed by atoms with Crippen LogP contribution in [0.1, 0.15) is 20.8 Å². The Kier molecular flexibility index (Phi) is 5.30. The van der Waals surface area contributed by atoms with Gasteiger partial charge in [0.15, 0.2) is 0 Å². The summed E-state index contributed by atoms with van der Waals surface area (Å²) in [5.41, 5.74) is 2.06. The number of ether oxygens (including phenoxy) is 1. The van der Waals surface area contributed by atoms with Gasteiger partial charge in [0.25, 0.3) is 11.6 Å². The number of nitro benzene ring substituents is 1. The van der Waals surface area contributed by atoms with E-state index in [-0.39, 0.29) is 11.6 Å². The van der Waals surface area contributed by atoms with Crippen molar-refractivity contribution in [2.75, 3.05) is 31.2 Å². The molecule has 7 nitrogen and oxygen atoms in total. The number of anilines is 1. The van der Waals surface area contributed by atoms with Crippen LogP contribution in [-0.2, 0) is 11.3 Å². The predicted molar refractivity (Wildman–Crippen MR) is 96.4 cm³/mol. The van der Waals surface area contributed by atoms with Gasteiger partial charge < -0.3 is 15.0 Å². The van der Waals surface area contributed by atoms with Crippen molar-refractivity contribution in [2.45, 2.75) is 13.5 Å². The van der Waals surface area contributed by atoms with Crippen LogP contribution in [0, 0.1) is 17.0 Å². The standard InChI is InChI=1S/C17H19N3O4S/c1-12-4-9-25-16(12)11-18-17(21)14-10-13(20(22)23)2-3-15(14)19-5-7-24-8-6-19/h2-4,9-10H,5-8,11H2,1H3,(H,18,21). The van der Waals surface area contributed by atoms with E-state index in [4.69, 9.17) is 4.74 Å². The number of aryl methyl sites for hydroxylation is 1. The molecule has 1 aromatic heterocycles. The monoisotopic (exact) mass is 361 g/mol. The zero-order valence-electron chi connectivity index (χ0n) is 13.9. The molecular weight excluding hydrogens is 342 g/mol. The first kappa shape index (κ1) is 17.4. The van der Waals surface area contributed by atoms with E-state index >= 15 is 0 Å². The first-order valence-corrected chi connectivity index (χ1v) is 8.86. The van der Waals surface area contributed by atoms with Crippen molar-refractivity contribution < 1.29 is 14.5 Å². The minimum Gasteiger partial charge on any atom is -0.378 e. The van der Waals surface area contributed by atoms with Crippen molar-refractivity contribution in [1.29, 1.82) is 0 Å². The van der Waals surface area contributed by atoms with Gasteiger partial charge in [-0.05, 0) is 30.0 Å². The first-order chi connectivity index (χ1) is 12.1. The van der Waals surface area contributed by atoms with Gasteiger partial charge in [0.2, 0.25) is 0 Å². The summed E-state index contributed by atoms with van der Waals surface area (Å²) >= 11 is 1.58. The second kappa shape index (κ2) is 7.62. The highest BCUT2D eigenvalue weighted by Crippen LogP contribution is 2.26. The maximum Gasteiger partial charge on any atom is 0.270 e. The number of morpholine rings is 1. The molecule has 25 heavy (non-hydrogen) atoms.